The summed E-state index contributed by atoms with van der Waals surface area (Å²) in [4.78, 5) is 4.49. The molecule has 25 heavy (non-hydrogen) atoms. The number of nitrogens with two attached hydrogens (primary N) is 1. The van der Waals surface area contributed by atoms with Crippen LogP contribution in [0.4, 0.5) is 4.39 Å². The van der Waals surface area contributed by atoms with Crippen LogP contribution >= 0.6 is 0 Å². The number of hydrogen-bond donors (Lipinski definition) is 1. The number of nitrogens with zero attached hydrogens (tertiary/aromatic N) is 4. The summed E-state index contributed by atoms with van der Waals surface area (Å²) in [5, 5.41) is 8.63. The summed E-state index contributed by atoms with van der Waals surface area (Å²) in [5.74, 6) is 0.863. The molecule has 0 radical (unpaired) electrons. The first kappa shape index (κ1) is 16.0. The molecular weight excluding hydrogens is 321 g/mol. The first-order valence-corrected chi connectivity index (χ1v) is 8.39. The maximum Gasteiger partial charge on any atom is 0.231 e. The highest BCUT2D eigenvalue weighted by Crippen LogP contribution is 2.37. The van der Waals surface area contributed by atoms with Gasteiger partial charge in [0.25, 0.3) is 0 Å². The molecule has 0 aliphatic heterocycles. The molecule has 1 aliphatic carbocycles. The van der Waals surface area contributed by atoms with Gasteiger partial charge in [-0.2, -0.15) is 10.1 Å². The van der Waals surface area contributed by atoms with Crippen LogP contribution in [0.2, 0.25) is 0 Å². The number of benzene rings is 1. The lowest BCUT2D eigenvalue weighted by Crippen LogP contribution is -2.44. The summed E-state index contributed by atoms with van der Waals surface area (Å²) < 4.78 is 20.3. The molecule has 0 spiro atoms. The zero-order chi connectivity index (χ0) is 17.6. The maximum absolute atomic E-state index is 13.1. The van der Waals surface area contributed by atoms with Gasteiger partial charge in [0.15, 0.2) is 5.82 Å². The molecule has 0 atom stereocenters. The van der Waals surface area contributed by atoms with E-state index in [-0.39, 0.29) is 5.82 Å². The van der Waals surface area contributed by atoms with Crippen LogP contribution in [0.1, 0.15) is 47.9 Å². The molecule has 1 saturated carbocycles. The maximum atomic E-state index is 13.1. The third kappa shape index (κ3) is 2.74. The fourth-order valence-electron chi connectivity index (χ4n) is 3.23. The van der Waals surface area contributed by atoms with Crippen molar-refractivity contribution in [3.63, 3.8) is 0 Å². The van der Waals surface area contributed by atoms with E-state index in [0.29, 0.717) is 18.1 Å². The van der Waals surface area contributed by atoms with Crippen LogP contribution in [-0.2, 0) is 12.0 Å². The molecule has 1 fully saturated rings. The summed E-state index contributed by atoms with van der Waals surface area (Å²) in [7, 11) is 0. The van der Waals surface area contributed by atoms with Crippen LogP contribution in [0.5, 0.6) is 0 Å². The average molecular weight is 341 g/mol. The molecule has 1 aliphatic rings. The smallest absolute Gasteiger partial charge is 0.231 e. The molecule has 7 heteroatoms. The number of rotatable bonds is 4. The lowest BCUT2D eigenvalue weighted by Gasteiger charge is -2.34. The van der Waals surface area contributed by atoms with E-state index in [1.54, 1.807) is 16.8 Å². The van der Waals surface area contributed by atoms with E-state index >= 15 is 0 Å². The van der Waals surface area contributed by atoms with Crippen LogP contribution in [0, 0.1) is 19.7 Å². The zero-order valence-corrected chi connectivity index (χ0v) is 14.3. The van der Waals surface area contributed by atoms with Crippen LogP contribution in [-0.4, -0.2) is 19.9 Å². The SMILES string of the molecule is Cc1nn(-c2ccc(F)cc2)c(C)c1Cc1nc(C2(N)CCC2)no1. The fraction of sp³-hybridized carbons (Fsp3) is 0.389. The van der Waals surface area contributed by atoms with E-state index in [1.165, 1.54) is 12.1 Å². The van der Waals surface area contributed by atoms with Gasteiger partial charge in [0.1, 0.15) is 5.82 Å². The Morgan fingerprint density at radius 2 is 1.96 bits per heavy atom. The summed E-state index contributed by atoms with van der Waals surface area (Å²) in [6.45, 7) is 3.92. The largest absolute Gasteiger partial charge is 0.339 e. The van der Waals surface area contributed by atoms with Crippen LogP contribution in [0.3, 0.4) is 0 Å². The van der Waals surface area contributed by atoms with E-state index in [4.69, 9.17) is 10.3 Å². The summed E-state index contributed by atoms with van der Waals surface area (Å²) in [6.07, 6.45) is 3.39. The molecular formula is C18H20FN5O. The van der Waals surface area contributed by atoms with Crippen molar-refractivity contribution in [1.29, 1.82) is 0 Å². The molecule has 0 amide bonds. The Morgan fingerprint density at radius 3 is 2.60 bits per heavy atom. The van der Waals surface area contributed by atoms with Gasteiger partial charge in [0.2, 0.25) is 5.89 Å². The quantitative estimate of drug-likeness (QED) is 0.789. The Hall–Kier alpha value is -2.54. The number of halogens is 1. The van der Waals surface area contributed by atoms with E-state index < -0.39 is 5.54 Å². The summed E-state index contributed by atoms with van der Waals surface area (Å²) in [5.41, 5.74) is 9.52. The first-order valence-electron chi connectivity index (χ1n) is 8.39. The molecule has 2 aromatic heterocycles. The van der Waals surface area contributed by atoms with Crippen molar-refractivity contribution >= 4 is 0 Å². The van der Waals surface area contributed by atoms with Gasteiger partial charge >= 0.3 is 0 Å². The van der Waals surface area contributed by atoms with Crippen molar-refractivity contribution in [2.24, 2.45) is 5.73 Å². The van der Waals surface area contributed by atoms with Crippen LogP contribution in [0.15, 0.2) is 28.8 Å². The fourth-order valence-corrected chi connectivity index (χ4v) is 3.23. The summed E-state index contributed by atoms with van der Waals surface area (Å²) >= 11 is 0. The van der Waals surface area contributed by atoms with E-state index in [9.17, 15) is 4.39 Å². The standard InChI is InChI=1S/C18H20FN5O/c1-11-15(10-16-21-17(23-25-16)18(20)8-3-9-18)12(2)24(22-11)14-6-4-13(19)5-7-14/h4-7H,3,8-10,20H2,1-2H3. The molecule has 2 N–H and O–H groups in total. The Bertz CT molecular complexity index is 908. The number of aromatic nitrogens is 4. The van der Waals surface area contributed by atoms with Crippen molar-refractivity contribution in [1.82, 2.24) is 19.9 Å². The average Bonchev–Trinajstić information content (AvgIpc) is 3.14. The topological polar surface area (TPSA) is 82.8 Å². The molecule has 1 aromatic carbocycles. The molecule has 0 bridgehead atoms. The Balaban J connectivity index is 1.62. The predicted molar refractivity (Wildman–Crippen MR) is 89.8 cm³/mol. The monoisotopic (exact) mass is 341 g/mol. The highest BCUT2D eigenvalue weighted by Gasteiger charge is 2.39. The van der Waals surface area contributed by atoms with Gasteiger partial charge in [-0.3, -0.25) is 0 Å². The van der Waals surface area contributed by atoms with Crippen molar-refractivity contribution in [2.75, 3.05) is 0 Å². The van der Waals surface area contributed by atoms with Gasteiger partial charge in [0, 0.05) is 11.3 Å². The van der Waals surface area contributed by atoms with Crippen molar-refractivity contribution in [3.05, 3.63) is 58.7 Å². The molecule has 6 nitrogen and oxygen atoms in total. The number of aryl methyl sites for hydroxylation is 1. The zero-order valence-electron chi connectivity index (χ0n) is 14.3. The second-order valence-corrected chi connectivity index (χ2v) is 6.74. The van der Waals surface area contributed by atoms with Gasteiger partial charge in [0.05, 0.1) is 23.3 Å². The van der Waals surface area contributed by atoms with E-state index in [2.05, 4.69) is 15.2 Å². The third-order valence-corrected chi connectivity index (χ3v) is 5.00. The van der Waals surface area contributed by atoms with Gasteiger partial charge in [-0.05, 0) is 57.4 Å². The minimum atomic E-state index is -0.426. The minimum Gasteiger partial charge on any atom is -0.339 e. The molecule has 3 aromatic rings. The predicted octanol–water partition coefficient (Wildman–Crippen LogP) is 2.94. The number of hydrogen-bond acceptors (Lipinski definition) is 5. The van der Waals surface area contributed by atoms with Crippen molar-refractivity contribution in [3.8, 4) is 5.69 Å². The second kappa shape index (κ2) is 5.77. The van der Waals surface area contributed by atoms with Crippen molar-refractivity contribution < 1.29 is 8.91 Å². The second-order valence-electron chi connectivity index (χ2n) is 6.74. The molecule has 130 valence electrons. The highest BCUT2D eigenvalue weighted by molar-refractivity contribution is 5.38. The highest BCUT2D eigenvalue weighted by atomic mass is 19.1. The van der Waals surface area contributed by atoms with Gasteiger partial charge in [-0.1, -0.05) is 5.16 Å². The lowest BCUT2D eigenvalue weighted by atomic mass is 9.77. The molecule has 2 heterocycles. The van der Waals surface area contributed by atoms with Gasteiger partial charge in [-0.25, -0.2) is 9.07 Å². The third-order valence-electron chi connectivity index (χ3n) is 5.00. The van der Waals surface area contributed by atoms with E-state index in [1.807, 2.05) is 13.8 Å². The lowest BCUT2D eigenvalue weighted by molar-refractivity contribution is 0.229. The molecule has 4 rings (SSSR count). The first-order chi connectivity index (χ1) is 12.0. The normalized spacial score (nSPS) is 16.0. The van der Waals surface area contributed by atoms with E-state index in [0.717, 1.165) is 41.9 Å². The van der Waals surface area contributed by atoms with Gasteiger partial charge in [-0.15, -0.1) is 0 Å². The van der Waals surface area contributed by atoms with Crippen molar-refractivity contribution in [2.45, 2.75) is 45.1 Å². The summed E-state index contributed by atoms with van der Waals surface area (Å²) in [6, 6.07) is 6.26. The van der Waals surface area contributed by atoms with Gasteiger partial charge < -0.3 is 10.3 Å². The van der Waals surface area contributed by atoms with Crippen LogP contribution in [0.25, 0.3) is 5.69 Å². The Labute approximate surface area is 144 Å². The Kier molecular flexibility index (Phi) is 3.68. The Morgan fingerprint density at radius 1 is 1.24 bits per heavy atom. The molecule has 0 unspecified atom stereocenters. The molecule has 0 saturated heterocycles. The van der Waals surface area contributed by atoms with Crippen LogP contribution < -0.4 is 5.73 Å². The minimum absolute atomic E-state index is 0.268.